The van der Waals surface area contributed by atoms with Crippen LogP contribution >= 0.6 is 0 Å². The third-order valence-corrected chi connectivity index (χ3v) is 6.73. The van der Waals surface area contributed by atoms with Crippen molar-refractivity contribution >= 4 is 15.9 Å². The summed E-state index contributed by atoms with van der Waals surface area (Å²) in [5, 5.41) is 2.80. The molecule has 31 heavy (non-hydrogen) atoms. The maximum Gasteiger partial charge on any atom is 0.243 e. The average molecular weight is 441 g/mol. The predicted octanol–water partition coefficient (Wildman–Crippen LogP) is 4.20. The largest absolute Gasteiger partial charge is 0.348 e. The Kier molecular flexibility index (Phi) is 7.20. The Morgan fingerprint density at radius 1 is 0.968 bits per heavy atom. The highest BCUT2D eigenvalue weighted by Gasteiger charge is 2.27. The van der Waals surface area contributed by atoms with E-state index < -0.39 is 22.0 Å². The van der Waals surface area contributed by atoms with Gasteiger partial charge < -0.3 is 5.32 Å². The third-order valence-electron chi connectivity index (χ3n) is 4.93. The lowest BCUT2D eigenvalue weighted by Gasteiger charge is -2.23. The van der Waals surface area contributed by atoms with Crippen LogP contribution in [0.1, 0.15) is 29.7 Å². The van der Waals surface area contributed by atoms with Crippen molar-refractivity contribution in [3.05, 3.63) is 101 Å². The SMILES string of the molecule is Cc1ccc(CN(CC(=O)N[C@@H](C)c2ccc(F)cc2)S(=O)(=O)c2ccccc2)cc1. The fourth-order valence-electron chi connectivity index (χ4n) is 3.15. The first-order chi connectivity index (χ1) is 14.8. The van der Waals surface area contributed by atoms with E-state index in [4.69, 9.17) is 0 Å². The van der Waals surface area contributed by atoms with Crippen LogP contribution in [0.2, 0.25) is 0 Å². The number of sulfonamides is 1. The number of nitrogens with one attached hydrogen (secondary N) is 1. The van der Waals surface area contributed by atoms with Crippen LogP contribution in [0.25, 0.3) is 0 Å². The van der Waals surface area contributed by atoms with Gasteiger partial charge in [-0.15, -0.1) is 0 Å². The van der Waals surface area contributed by atoms with Gasteiger partial charge in [0.1, 0.15) is 5.82 Å². The lowest BCUT2D eigenvalue weighted by molar-refractivity contribution is -0.122. The molecule has 0 saturated carbocycles. The first-order valence-electron chi connectivity index (χ1n) is 9.91. The van der Waals surface area contributed by atoms with Gasteiger partial charge in [0, 0.05) is 6.54 Å². The molecule has 1 N–H and O–H groups in total. The van der Waals surface area contributed by atoms with Crippen molar-refractivity contribution < 1.29 is 17.6 Å². The molecule has 5 nitrogen and oxygen atoms in total. The Morgan fingerprint density at radius 3 is 2.19 bits per heavy atom. The van der Waals surface area contributed by atoms with Crippen molar-refractivity contribution in [2.24, 2.45) is 0 Å². The second kappa shape index (κ2) is 9.85. The molecule has 0 aromatic heterocycles. The number of aryl methyl sites for hydroxylation is 1. The Morgan fingerprint density at radius 2 is 1.58 bits per heavy atom. The van der Waals surface area contributed by atoms with E-state index in [2.05, 4.69) is 5.32 Å². The van der Waals surface area contributed by atoms with Gasteiger partial charge in [-0.1, -0.05) is 60.2 Å². The zero-order chi connectivity index (χ0) is 22.4. The van der Waals surface area contributed by atoms with Gasteiger partial charge in [-0.2, -0.15) is 4.31 Å². The van der Waals surface area contributed by atoms with Gasteiger partial charge in [0.25, 0.3) is 0 Å². The van der Waals surface area contributed by atoms with Crippen LogP contribution in [0.5, 0.6) is 0 Å². The molecule has 162 valence electrons. The molecular weight excluding hydrogens is 415 g/mol. The Labute approximate surface area is 182 Å². The molecule has 0 aliphatic rings. The van der Waals surface area contributed by atoms with Gasteiger partial charge in [-0.3, -0.25) is 4.79 Å². The van der Waals surface area contributed by atoms with Crippen molar-refractivity contribution in [1.29, 1.82) is 0 Å². The normalized spacial score (nSPS) is 12.5. The molecule has 0 aliphatic heterocycles. The minimum atomic E-state index is -3.89. The van der Waals surface area contributed by atoms with E-state index in [-0.39, 0.29) is 23.8 Å². The van der Waals surface area contributed by atoms with Crippen LogP contribution in [0, 0.1) is 12.7 Å². The number of rotatable bonds is 8. The monoisotopic (exact) mass is 440 g/mol. The van der Waals surface area contributed by atoms with Gasteiger partial charge in [0.2, 0.25) is 15.9 Å². The quantitative estimate of drug-likeness (QED) is 0.571. The fourth-order valence-corrected chi connectivity index (χ4v) is 4.55. The van der Waals surface area contributed by atoms with Crippen LogP contribution in [0.3, 0.4) is 0 Å². The maximum absolute atomic E-state index is 13.2. The lowest BCUT2D eigenvalue weighted by Crippen LogP contribution is -2.41. The molecule has 0 spiro atoms. The smallest absolute Gasteiger partial charge is 0.243 e. The van der Waals surface area contributed by atoms with E-state index in [1.807, 2.05) is 31.2 Å². The molecule has 7 heteroatoms. The number of carbonyl (C=O) groups is 1. The summed E-state index contributed by atoms with van der Waals surface area (Å²) in [7, 11) is -3.89. The topological polar surface area (TPSA) is 66.5 Å². The molecule has 0 radical (unpaired) electrons. The maximum atomic E-state index is 13.2. The molecule has 0 unspecified atom stereocenters. The minimum Gasteiger partial charge on any atom is -0.348 e. The number of hydrogen-bond acceptors (Lipinski definition) is 3. The minimum absolute atomic E-state index is 0.0653. The first kappa shape index (κ1) is 22.7. The predicted molar refractivity (Wildman–Crippen MR) is 118 cm³/mol. The van der Waals surface area contributed by atoms with Gasteiger partial charge in [0.15, 0.2) is 0 Å². The van der Waals surface area contributed by atoms with Crippen molar-refractivity contribution in [2.75, 3.05) is 6.54 Å². The third kappa shape index (κ3) is 5.99. The van der Waals surface area contributed by atoms with E-state index >= 15 is 0 Å². The van der Waals surface area contributed by atoms with Crippen molar-refractivity contribution in [3.63, 3.8) is 0 Å². The highest BCUT2D eigenvalue weighted by molar-refractivity contribution is 7.89. The summed E-state index contributed by atoms with van der Waals surface area (Å²) in [6.07, 6.45) is 0. The van der Waals surface area contributed by atoms with Crippen molar-refractivity contribution in [3.8, 4) is 0 Å². The second-order valence-electron chi connectivity index (χ2n) is 7.41. The average Bonchev–Trinajstić information content (AvgIpc) is 2.75. The molecule has 0 saturated heterocycles. The van der Waals surface area contributed by atoms with Crippen LogP contribution in [-0.2, 0) is 21.4 Å². The van der Waals surface area contributed by atoms with E-state index in [0.29, 0.717) is 0 Å². The number of nitrogens with zero attached hydrogens (tertiary/aromatic N) is 1. The van der Waals surface area contributed by atoms with Gasteiger partial charge in [0.05, 0.1) is 17.5 Å². The summed E-state index contributed by atoms with van der Waals surface area (Å²) < 4.78 is 40.8. The molecule has 0 heterocycles. The Balaban J connectivity index is 1.81. The van der Waals surface area contributed by atoms with Gasteiger partial charge >= 0.3 is 0 Å². The van der Waals surface area contributed by atoms with Crippen LogP contribution < -0.4 is 5.32 Å². The summed E-state index contributed by atoms with van der Waals surface area (Å²) in [5.74, 6) is -0.802. The van der Waals surface area contributed by atoms with Crippen LogP contribution in [-0.4, -0.2) is 25.2 Å². The number of benzene rings is 3. The van der Waals surface area contributed by atoms with Crippen molar-refractivity contribution in [1.82, 2.24) is 9.62 Å². The molecule has 3 aromatic rings. The number of hydrogen-bond donors (Lipinski definition) is 1. The summed E-state index contributed by atoms with van der Waals surface area (Å²) in [6, 6.07) is 21.0. The number of halogens is 1. The first-order valence-corrected chi connectivity index (χ1v) is 11.4. The molecule has 1 atom stereocenters. The van der Waals surface area contributed by atoms with Gasteiger partial charge in [-0.05, 0) is 49.2 Å². The number of amides is 1. The zero-order valence-corrected chi connectivity index (χ0v) is 18.3. The van der Waals surface area contributed by atoms with Crippen LogP contribution in [0.4, 0.5) is 4.39 Å². The van der Waals surface area contributed by atoms with E-state index in [1.165, 1.54) is 28.6 Å². The summed E-state index contributed by atoms with van der Waals surface area (Å²) in [6.45, 7) is 3.44. The molecule has 1 amide bonds. The molecule has 0 fully saturated rings. The summed E-state index contributed by atoms with van der Waals surface area (Å²) >= 11 is 0. The van der Waals surface area contributed by atoms with E-state index in [1.54, 1.807) is 37.3 Å². The van der Waals surface area contributed by atoms with Crippen molar-refractivity contribution in [2.45, 2.75) is 31.3 Å². The molecule has 3 rings (SSSR count). The fraction of sp³-hybridized carbons (Fsp3) is 0.208. The highest BCUT2D eigenvalue weighted by atomic mass is 32.2. The highest BCUT2D eigenvalue weighted by Crippen LogP contribution is 2.19. The summed E-state index contributed by atoms with van der Waals surface area (Å²) in [5.41, 5.74) is 2.57. The molecular formula is C24H25FN2O3S. The lowest BCUT2D eigenvalue weighted by atomic mass is 10.1. The second-order valence-corrected chi connectivity index (χ2v) is 9.35. The van der Waals surface area contributed by atoms with Gasteiger partial charge in [-0.25, -0.2) is 12.8 Å². The number of carbonyl (C=O) groups excluding carboxylic acids is 1. The zero-order valence-electron chi connectivity index (χ0n) is 17.5. The Hall–Kier alpha value is -3.03. The summed E-state index contributed by atoms with van der Waals surface area (Å²) in [4.78, 5) is 12.9. The molecule has 0 aliphatic carbocycles. The standard InChI is InChI=1S/C24H25FN2O3S/c1-18-8-10-20(11-9-18)16-27(31(29,30)23-6-4-3-5-7-23)17-24(28)26-19(2)21-12-14-22(25)15-13-21/h3-15,19H,16-17H2,1-2H3,(H,26,28)/t19-/m0/s1. The van der Waals surface area contributed by atoms with E-state index in [9.17, 15) is 17.6 Å². The molecule has 3 aromatic carbocycles. The van der Waals surface area contributed by atoms with Crippen LogP contribution in [0.15, 0.2) is 83.8 Å². The van der Waals surface area contributed by atoms with E-state index in [0.717, 1.165) is 16.7 Å². The Bertz CT molecular complexity index is 1120. The molecule has 0 bridgehead atoms.